The predicted octanol–water partition coefficient (Wildman–Crippen LogP) is 3.60. The summed E-state index contributed by atoms with van der Waals surface area (Å²) < 4.78 is 0. The van der Waals surface area contributed by atoms with E-state index in [0.29, 0.717) is 35.9 Å². The topological polar surface area (TPSA) is 57.6 Å². The highest BCUT2D eigenvalue weighted by Gasteiger charge is 2.10. The summed E-state index contributed by atoms with van der Waals surface area (Å²) in [5, 5.41) is 9.59. The standard InChI is InChI=1S/C14H17Cl2NO3/c1-17(13(18)4-2-3-5-14(19)20)9-10-6-11(15)8-12(16)7-10/h6-8H,2-5,9H2,1H3,(H,19,20). The highest BCUT2D eigenvalue weighted by molar-refractivity contribution is 6.34. The van der Waals surface area contributed by atoms with Crippen LogP contribution in [-0.2, 0) is 16.1 Å². The molecule has 20 heavy (non-hydrogen) atoms. The minimum atomic E-state index is -0.834. The van der Waals surface area contributed by atoms with E-state index in [9.17, 15) is 9.59 Å². The predicted molar refractivity (Wildman–Crippen MR) is 79.0 cm³/mol. The number of carbonyl (C=O) groups excluding carboxylic acids is 1. The first-order valence-corrected chi connectivity index (χ1v) is 7.05. The Balaban J connectivity index is 2.43. The fourth-order valence-electron chi connectivity index (χ4n) is 1.81. The maximum Gasteiger partial charge on any atom is 0.303 e. The van der Waals surface area contributed by atoms with Crippen molar-refractivity contribution in [2.75, 3.05) is 7.05 Å². The lowest BCUT2D eigenvalue weighted by molar-refractivity contribution is -0.137. The molecule has 6 heteroatoms. The van der Waals surface area contributed by atoms with E-state index in [1.54, 1.807) is 30.1 Å². The number of amides is 1. The molecule has 0 atom stereocenters. The van der Waals surface area contributed by atoms with E-state index in [2.05, 4.69) is 0 Å². The lowest BCUT2D eigenvalue weighted by Crippen LogP contribution is -2.25. The van der Waals surface area contributed by atoms with Crippen LogP contribution in [0.2, 0.25) is 10.0 Å². The van der Waals surface area contributed by atoms with Crippen molar-refractivity contribution in [2.45, 2.75) is 32.2 Å². The van der Waals surface area contributed by atoms with E-state index >= 15 is 0 Å². The molecule has 0 saturated heterocycles. The third-order valence-corrected chi connectivity index (χ3v) is 3.24. The Morgan fingerprint density at radius 2 is 1.65 bits per heavy atom. The zero-order valence-corrected chi connectivity index (χ0v) is 12.7. The summed E-state index contributed by atoms with van der Waals surface area (Å²) in [4.78, 5) is 23.8. The average molecular weight is 318 g/mol. The third kappa shape index (κ3) is 6.26. The van der Waals surface area contributed by atoms with E-state index in [4.69, 9.17) is 28.3 Å². The van der Waals surface area contributed by atoms with Gasteiger partial charge in [-0.1, -0.05) is 23.2 Å². The van der Waals surface area contributed by atoms with Gasteiger partial charge in [-0.3, -0.25) is 9.59 Å². The van der Waals surface area contributed by atoms with Gasteiger partial charge in [0.05, 0.1) is 0 Å². The van der Waals surface area contributed by atoms with Crippen molar-refractivity contribution in [3.63, 3.8) is 0 Å². The Labute approximate surface area is 128 Å². The Hall–Kier alpha value is -1.26. The van der Waals surface area contributed by atoms with Gasteiger partial charge in [-0.2, -0.15) is 0 Å². The largest absolute Gasteiger partial charge is 0.481 e. The molecule has 1 N–H and O–H groups in total. The molecule has 0 unspecified atom stereocenters. The number of nitrogens with zero attached hydrogens (tertiary/aromatic N) is 1. The summed E-state index contributed by atoms with van der Waals surface area (Å²) in [6.45, 7) is 0.429. The molecule has 0 saturated carbocycles. The molecule has 1 aromatic rings. The number of carboxylic acid groups (broad SMARTS) is 1. The van der Waals surface area contributed by atoms with Crippen LogP contribution in [0.25, 0.3) is 0 Å². The average Bonchev–Trinajstić information content (AvgIpc) is 2.32. The van der Waals surface area contributed by atoms with Gasteiger partial charge in [0.1, 0.15) is 0 Å². The van der Waals surface area contributed by atoms with Crippen LogP contribution in [0.4, 0.5) is 0 Å². The minimum absolute atomic E-state index is 0.0218. The molecule has 0 fully saturated rings. The first kappa shape index (κ1) is 16.8. The zero-order valence-electron chi connectivity index (χ0n) is 11.2. The fraction of sp³-hybridized carbons (Fsp3) is 0.429. The molecule has 0 heterocycles. The fourth-order valence-corrected chi connectivity index (χ4v) is 2.38. The molecule has 4 nitrogen and oxygen atoms in total. The van der Waals surface area contributed by atoms with Gasteiger partial charge in [0.15, 0.2) is 0 Å². The van der Waals surface area contributed by atoms with Crippen molar-refractivity contribution in [1.29, 1.82) is 0 Å². The number of hydrogen-bond donors (Lipinski definition) is 1. The van der Waals surface area contributed by atoms with Gasteiger partial charge in [0.25, 0.3) is 0 Å². The second-order valence-electron chi connectivity index (χ2n) is 4.63. The Bertz CT molecular complexity index is 471. The number of aliphatic carboxylic acids is 1. The molecule has 1 rings (SSSR count). The van der Waals surface area contributed by atoms with Crippen LogP contribution in [0.3, 0.4) is 0 Å². The number of halogens is 2. The Morgan fingerprint density at radius 3 is 2.20 bits per heavy atom. The third-order valence-electron chi connectivity index (χ3n) is 2.80. The molecular weight excluding hydrogens is 301 g/mol. The van der Waals surface area contributed by atoms with Gasteiger partial charge in [-0.25, -0.2) is 0 Å². The second kappa shape index (κ2) is 8.12. The van der Waals surface area contributed by atoms with Crippen LogP contribution in [0.1, 0.15) is 31.2 Å². The van der Waals surface area contributed by atoms with E-state index in [0.717, 1.165) is 5.56 Å². The number of carbonyl (C=O) groups is 2. The summed E-state index contributed by atoms with van der Waals surface area (Å²) in [7, 11) is 1.70. The number of rotatable bonds is 7. The molecule has 0 aliphatic carbocycles. The molecule has 0 aliphatic heterocycles. The molecule has 0 spiro atoms. The van der Waals surface area contributed by atoms with Crippen LogP contribution >= 0.6 is 23.2 Å². The first-order valence-electron chi connectivity index (χ1n) is 6.29. The molecular formula is C14H17Cl2NO3. The summed E-state index contributed by atoms with van der Waals surface area (Å²) in [5.41, 5.74) is 0.865. The Kier molecular flexibility index (Phi) is 6.82. The summed E-state index contributed by atoms with van der Waals surface area (Å²) in [6.07, 6.45) is 1.53. The van der Waals surface area contributed by atoms with Crippen molar-refractivity contribution >= 4 is 35.1 Å². The van der Waals surface area contributed by atoms with Crippen molar-refractivity contribution in [3.05, 3.63) is 33.8 Å². The van der Waals surface area contributed by atoms with Gasteiger partial charge in [-0.05, 0) is 36.6 Å². The van der Waals surface area contributed by atoms with Gasteiger partial charge in [-0.15, -0.1) is 0 Å². The Morgan fingerprint density at radius 1 is 1.10 bits per heavy atom. The molecule has 0 aliphatic rings. The number of carboxylic acids is 1. The zero-order chi connectivity index (χ0) is 15.1. The smallest absolute Gasteiger partial charge is 0.303 e. The molecule has 1 aromatic carbocycles. The quantitative estimate of drug-likeness (QED) is 0.782. The summed E-state index contributed by atoms with van der Waals surface area (Å²) in [5.74, 6) is -0.856. The van der Waals surface area contributed by atoms with E-state index < -0.39 is 5.97 Å². The number of unbranched alkanes of at least 4 members (excludes halogenated alkanes) is 1. The second-order valence-corrected chi connectivity index (χ2v) is 5.50. The number of benzene rings is 1. The van der Waals surface area contributed by atoms with Crippen LogP contribution in [-0.4, -0.2) is 28.9 Å². The van der Waals surface area contributed by atoms with Gasteiger partial charge in [0, 0.05) is 36.5 Å². The van der Waals surface area contributed by atoms with Crippen LogP contribution < -0.4 is 0 Å². The molecule has 1 amide bonds. The van der Waals surface area contributed by atoms with Gasteiger partial charge in [0.2, 0.25) is 5.91 Å². The van der Waals surface area contributed by atoms with E-state index in [1.807, 2.05) is 0 Å². The van der Waals surface area contributed by atoms with Crippen LogP contribution in [0.5, 0.6) is 0 Å². The maximum atomic E-state index is 11.9. The number of hydrogen-bond acceptors (Lipinski definition) is 2. The van der Waals surface area contributed by atoms with Crippen LogP contribution in [0, 0.1) is 0 Å². The van der Waals surface area contributed by atoms with E-state index in [-0.39, 0.29) is 12.3 Å². The maximum absolute atomic E-state index is 11.9. The lowest BCUT2D eigenvalue weighted by atomic mass is 10.1. The van der Waals surface area contributed by atoms with Gasteiger partial charge >= 0.3 is 5.97 Å². The van der Waals surface area contributed by atoms with Crippen molar-refractivity contribution in [1.82, 2.24) is 4.90 Å². The van der Waals surface area contributed by atoms with Gasteiger partial charge < -0.3 is 10.0 Å². The summed E-state index contributed by atoms with van der Waals surface area (Å²) >= 11 is 11.8. The molecule has 0 radical (unpaired) electrons. The van der Waals surface area contributed by atoms with Crippen molar-refractivity contribution in [3.8, 4) is 0 Å². The minimum Gasteiger partial charge on any atom is -0.481 e. The molecule has 0 bridgehead atoms. The SMILES string of the molecule is CN(Cc1cc(Cl)cc(Cl)c1)C(=O)CCCCC(=O)O. The molecule has 0 aromatic heterocycles. The highest BCUT2D eigenvalue weighted by atomic mass is 35.5. The monoisotopic (exact) mass is 317 g/mol. The van der Waals surface area contributed by atoms with Crippen molar-refractivity contribution < 1.29 is 14.7 Å². The lowest BCUT2D eigenvalue weighted by Gasteiger charge is -2.17. The van der Waals surface area contributed by atoms with Crippen molar-refractivity contribution in [2.24, 2.45) is 0 Å². The summed E-state index contributed by atoms with van der Waals surface area (Å²) in [6, 6.07) is 5.17. The first-order chi connectivity index (χ1) is 9.38. The normalized spacial score (nSPS) is 10.3. The van der Waals surface area contributed by atoms with Crippen LogP contribution in [0.15, 0.2) is 18.2 Å². The molecule has 110 valence electrons. The highest BCUT2D eigenvalue weighted by Crippen LogP contribution is 2.20. The van der Waals surface area contributed by atoms with E-state index in [1.165, 1.54) is 0 Å².